The van der Waals surface area contributed by atoms with Crippen LogP contribution in [0.25, 0.3) is 0 Å². The first-order chi connectivity index (χ1) is 10.2. The second kappa shape index (κ2) is 8.39. The van der Waals surface area contributed by atoms with E-state index in [9.17, 15) is 35.9 Å². The molecule has 0 rings (SSSR count). The Morgan fingerprint density at radius 2 is 1.30 bits per heavy atom. The molecular formula is C13H18F6O4. The third-order valence-electron chi connectivity index (χ3n) is 2.75. The van der Waals surface area contributed by atoms with Crippen molar-refractivity contribution in [2.24, 2.45) is 5.41 Å². The first-order valence-corrected chi connectivity index (χ1v) is 6.69. The summed E-state index contributed by atoms with van der Waals surface area (Å²) in [7, 11) is 0. The third kappa shape index (κ3) is 11.7. The van der Waals surface area contributed by atoms with Crippen molar-refractivity contribution in [2.75, 3.05) is 13.2 Å². The van der Waals surface area contributed by atoms with Crippen LogP contribution in [-0.4, -0.2) is 37.5 Å². The van der Waals surface area contributed by atoms with Crippen LogP contribution in [-0.2, 0) is 19.1 Å². The van der Waals surface area contributed by atoms with Crippen LogP contribution in [0.15, 0.2) is 0 Å². The molecule has 0 amide bonds. The molecule has 0 atom stereocenters. The molecule has 0 saturated heterocycles. The highest BCUT2D eigenvalue weighted by molar-refractivity contribution is 5.75. The van der Waals surface area contributed by atoms with Gasteiger partial charge in [-0.05, 0) is 26.7 Å². The van der Waals surface area contributed by atoms with E-state index in [1.807, 2.05) is 0 Å². The van der Waals surface area contributed by atoms with Crippen LogP contribution < -0.4 is 0 Å². The van der Waals surface area contributed by atoms with Crippen LogP contribution >= 0.6 is 0 Å². The van der Waals surface area contributed by atoms with E-state index in [2.05, 4.69) is 9.47 Å². The largest absolute Gasteiger partial charge is 0.456 e. The number of rotatable bonds is 8. The van der Waals surface area contributed by atoms with Crippen LogP contribution in [0.4, 0.5) is 26.3 Å². The van der Waals surface area contributed by atoms with E-state index in [1.54, 1.807) is 0 Å². The monoisotopic (exact) mass is 352 g/mol. The Bertz CT molecular complexity index is 400. The maximum absolute atomic E-state index is 11.9. The van der Waals surface area contributed by atoms with Gasteiger partial charge < -0.3 is 9.47 Å². The smallest absolute Gasteiger partial charge is 0.422 e. The second-order valence-electron chi connectivity index (χ2n) is 5.56. The van der Waals surface area contributed by atoms with Gasteiger partial charge in [-0.25, -0.2) is 0 Å². The van der Waals surface area contributed by atoms with E-state index in [-0.39, 0.29) is 25.7 Å². The van der Waals surface area contributed by atoms with Crippen molar-refractivity contribution in [1.29, 1.82) is 0 Å². The molecule has 4 nitrogen and oxygen atoms in total. The number of unbranched alkanes of at least 4 members (excludes halogenated alkanes) is 1. The number of alkyl halides is 6. The highest BCUT2D eigenvalue weighted by atomic mass is 19.4. The SMILES string of the molecule is CC(C)(CCCCC(=O)OCC(F)(F)F)C(=O)OCC(F)(F)F. The molecule has 0 radical (unpaired) electrons. The summed E-state index contributed by atoms with van der Waals surface area (Å²) in [5.41, 5.74) is -1.19. The fraction of sp³-hybridized carbons (Fsp3) is 0.846. The van der Waals surface area contributed by atoms with Crippen molar-refractivity contribution in [3.05, 3.63) is 0 Å². The summed E-state index contributed by atoms with van der Waals surface area (Å²) in [5, 5.41) is 0. The molecule has 0 heterocycles. The highest BCUT2D eigenvalue weighted by Gasteiger charge is 2.35. The molecule has 0 aliphatic rings. The van der Waals surface area contributed by atoms with Crippen molar-refractivity contribution in [3.63, 3.8) is 0 Å². The van der Waals surface area contributed by atoms with E-state index in [1.165, 1.54) is 13.8 Å². The van der Waals surface area contributed by atoms with Crippen molar-refractivity contribution < 1.29 is 45.4 Å². The number of esters is 2. The van der Waals surface area contributed by atoms with Crippen LogP contribution in [0, 0.1) is 5.41 Å². The van der Waals surface area contributed by atoms with Crippen LogP contribution in [0.5, 0.6) is 0 Å². The van der Waals surface area contributed by atoms with E-state index >= 15 is 0 Å². The number of halogens is 6. The van der Waals surface area contributed by atoms with Gasteiger partial charge >= 0.3 is 24.3 Å². The molecular weight excluding hydrogens is 334 g/mol. The van der Waals surface area contributed by atoms with Gasteiger partial charge in [-0.3, -0.25) is 9.59 Å². The summed E-state index contributed by atoms with van der Waals surface area (Å²) in [6.07, 6.45) is -8.98. The summed E-state index contributed by atoms with van der Waals surface area (Å²) < 4.78 is 79.4. The maximum atomic E-state index is 11.9. The van der Waals surface area contributed by atoms with Crippen LogP contribution in [0.3, 0.4) is 0 Å². The Hall–Kier alpha value is -1.48. The predicted octanol–water partition coefficient (Wildman–Crippen LogP) is 3.78. The van der Waals surface area contributed by atoms with Gasteiger partial charge in [0.2, 0.25) is 0 Å². The highest BCUT2D eigenvalue weighted by Crippen LogP contribution is 2.27. The molecule has 0 N–H and O–H groups in total. The van der Waals surface area contributed by atoms with Crippen molar-refractivity contribution in [3.8, 4) is 0 Å². The Labute approximate surface area is 129 Å². The average Bonchev–Trinajstić information content (AvgIpc) is 2.37. The molecule has 136 valence electrons. The summed E-state index contributed by atoms with van der Waals surface area (Å²) in [6, 6.07) is 0. The Balaban J connectivity index is 4.01. The van der Waals surface area contributed by atoms with Gasteiger partial charge in [0.05, 0.1) is 5.41 Å². The van der Waals surface area contributed by atoms with Gasteiger partial charge in [0, 0.05) is 6.42 Å². The third-order valence-corrected chi connectivity index (χ3v) is 2.75. The molecule has 10 heteroatoms. The summed E-state index contributed by atoms with van der Waals surface area (Å²) >= 11 is 0. The number of carbonyl (C=O) groups excluding carboxylic acids is 2. The molecule has 0 spiro atoms. The molecule has 0 bridgehead atoms. The number of carbonyl (C=O) groups is 2. The minimum absolute atomic E-state index is 0.121. The maximum Gasteiger partial charge on any atom is 0.422 e. The van der Waals surface area contributed by atoms with Crippen LogP contribution in [0.1, 0.15) is 39.5 Å². The lowest BCUT2D eigenvalue weighted by Crippen LogP contribution is -2.30. The molecule has 0 aliphatic carbocycles. The number of hydrogen-bond donors (Lipinski definition) is 0. The van der Waals surface area contributed by atoms with Gasteiger partial charge in [-0.15, -0.1) is 0 Å². The summed E-state index contributed by atoms with van der Waals surface area (Å²) in [6.45, 7) is -0.582. The lowest BCUT2D eigenvalue weighted by Gasteiger charge is -2.22. The van der Waals surface area contributed by atoms with Gasteiger partial charge in [-0.2, -0.15) is 26.3 Å². The molecule has 0 aliphatic heterocycles. The van der Waals surface area contributed by atoms with E-state index in [0.29, 0.717) is 0 Å². The van der Waals surface area contributed by atoms with E-state index in [0.717, 1.165) is 0 Å². The van der Waals surface area contributed by atoms with E-state index in [4.69, 9.17) is 0 Å². The van der Waals surface area contributed by atoms with Gasteiger partial charge in [0.15, 0.2) is 13.2 Å². The minimum Gasteiger partial charge on any atom is -0.456 e. The zero-order valence-corrected chi connectivity index (χ0v) is 12.6. The molecule has 0 saturated carbocycles. The van der Waals surface area contributed by atoms with Gasteiger partial charge in [-0.1, -0.05) is 6.42 Å². The van der Waals surface area contributed by atoms with Crippen molar-refractivity contribution >= 4 is 11.9 Å². The van der Waals surface area contributed by atoms with Crippen molar-refractivity contribution in [1.82, 2.24) is 0 Å². The summed E-state index contributed by atoms with van der Waals surface area (Å²) in [4.78, 5) is 22.5. The molecule has 0 fully saturated rings. The lowest BCUT2D eigenvalue weighted by atomic mass is 9.87. The fourth-order valence-corrected chi connectivity index (χ4v) is 1.52. The van der Waals surface area contributed by atoms with Crippen molar-refractivity contribution in [2.45, 2.75) is 51.9 Å². The number of hydrogen-bond acceptors (Lipinski definition) is 4. The number of ether oxygens (including phenoxy) is 2. The fourth-order valence-electron chi connectivity index (χ4n) is 1.52. The molecule has 0 aromatic heterocycles. The molecule has 0 aromatic rings. The standard InChI is InChI=1S/C13H18F6O4/c1-11(2,10(21)23-8-13(17,18)19)6-4-3-5-9(20)22-7-12(14,15)16/h3-8H2,1-2H3. The van der Waals surface area contributed by atoms with Crippen LogP contribution in [0.2, 0.25) is 0 Å². The molecule has 23 heavy (non-hydrogen) atoms. The topological polar surface area (TPSA) is 52.6 Å². The minimum atomic E-state index is -4.62. The van der Waals surface area contributed by atoms with Gasteiger partial charge in [0.1, 0.15) is 0 Å². The first kappa shape index (κ1) is 21.5. The predicted molar refractivity (Wildman–Crippen MR) is 66.3 cm³/mol. The first-order valence-electron chi connectivity index (χ1n) is 6.69. The zero-order chi connectivity index (χ0) is 18.3. The quantitative estimate of drug-likeness (QED) is 0.379. The second-order valence-corrected chi connectivity index (χ2v) is 5.56. The van der Waals surface area contributed by atoms with E-state index < -0.39 is 42.9 Å². The molecule has 0 aromatic carbocycles. The zero-order valence-electron chi connectivity index (χ0n) is 12.6. The molecule has 0 unspecified atom stereocenters. The Morgan fingerprint density at radius 1 is 0.826 bits per heavy atom. The average molecular weight is 352 g/mol. The lowest BCUT2D eigenvalue weighted by molar-refractivity contribution is -0.192. The Kier molecular flexibility index (Phi) is 7.85. The van der Waals surface area contributed by atoms with Gasteiger partial charge in [0.25, 0.3) is 0 Å². The normalized spacial score (nSPS) is 12.9. The summed E-state index contributed by atoms with van der Waals surface area (Å²) in [5.74, 6) is -2.06. The Morgan fingerprint density at radius 3 is 1.78 bits per heavy atom.